The van der Waals surface area contributed by atoms with Gasteiger partial charge in [0.15, 0.2) is 0 Å². The molecule has 0 fully saturated rings. The molecule has 0 aliphatic carbocycles. The summed E-state index contributed by atoms with van der Waals surface area (Å²) < 4.78 is 0. The number of nitrogens with zero attached hydrogens (tertiary/aromatic N) is 1. The van der Waals surface area contributed by atoms with Gasteiger partial charge in [-0.1, -0.05) is 29.8 Å². The van der Waals surface area contributed by atoms with Crippen molar-refractivity contribution in [3.63, 3.8) is 0 Å². The normalized spacial score (nSPS) is 21.0. The maximum atomic E-state index is 12.4. The van der Waals surface area contributed by atoms with E-state index in [0.717, 1.165) is 52.2 Å². The lowest BCUT2D eigenvalue weighted by Crippen LogP contribution is -2.34. The maximum absolute atomic E-state index is 12.4. The van der Waals surface area contributed by atoms with Crippen LogP contribution >= 0.6 is 0 Å². The molecule has 2 aliphatic heterocycles. The zero-order valence-corrected chi connectivity index (χ0v) is 14.6. The third-order valence-electron chi connectivity index (χ3n) is 5.32. The van der Waals surface area contributed by atoms with Crippen molar-refractivity contribution in [2.45, 2.75) is 19.3 Å². The number of nitrogens with one attached hydrogen (secondary N) is 3. The molecule has 0 saturated carbocycles. The Morgan fingerprint density at radius 1 is 1.12 bits per heavy atom. The van der Waals surface area contributed by atoms with Crippen LogP contribution in [0.4, 0.5) is 5.82 Å². The van der Waals surface area contributed by atoms with E-state index in [2.05, 4.69) is 46.8 Å². The van der Waals surface area contributed by atoms with Gasteiger partial charge in [-0.15, -0.1) is 0 Å². The fraction of sp³-hybridized carbons (Fsp3) is 0.238. The highest BCUT2D eigenvalue weighted by molar-refractivity contribution is 6.00. The topological polar surface area (TPSA) is 69.8 Å². The molecule has 4 heterocycles. The molecule has 1 atom stereocenters. The molecular weight excluding hydrogens is 324 g/mol. The Bertz CT molecular complexity index is 1060. The van der Waals surface area contributed by atoms with Crippen molar-refractivity contribution in [1.82, 2.24) is 15.3 Å². The minimum absolute atomic E-state index is 0.00194. The van der Waals surface area contributed by atoms with Crippen molar-refractivity contribution in [3.05, 3.63) is 59.3 Å². The molecule has 3 aromatic rings. The first-order valence-corrected chi connectivity index (χ1v) is 9.00. The molecule has 130 valence electrons. The van der Waals surface area contributed by atoms with Gasteiger partial charge < -0.3 is 15.6 Å². The second kappa shape index (κ2) is 5.73. The molecule has 4 bridgehead atoms. The van der Waals surface area contributed by atoms with E-state index in [-0.39, 0.29) is 11.8 Å². The zero-order valence-electron chi connectivity index (χ0n) is 14.6. The first-order valence-electron chi connectivity index (χ1n) is 9.00. The Labute approximate surface area is 151 Å². The van der Waals surface area contributed by atoms with Crippen LogP contribution in [-0.2, 0) is 0 Å². The maximum Gasteiger partial charge on any atom is 0.253 e. The third kappa shape index (κ3) is 2.39. The number of amides is 1. The van der Waals surface area contributed by atoms with Crippen LogP contribution in [0.1, 0.15) is 35.3 Å². The molecule has 0 saturated heterocycles. The smallest absolute Gasteiger partial charge is 0.253 e. The Balaban J connectivity index is 1.78. The third-order valence-corrected chi connectivity index (χ3v) is 5.32. The van der Waals surface area contributed by atoms with E-state index in [1.54, 1.807) is 0 Å². The minimum Gasteiger partial charge on any atom is -0.366 e. The van der Waals surface area contributed by atoms with Gasteiger partial charge in [0.05, 0.1) is 11.1 Å². The molecule has 5 nitrogen and oxygen atoms in total. The number of carbonyl (C=O) groups excluding carboxylic acids is 1. The highest BCUT2D eigenvalue weighted by Gasteiger charge is 2.28. The van der Waals surface area contributed by atoms with Crippen LogP contribution in [0.5, 0.6) is 0 Å². The molecule has 1 amide bonds. The number of rotatable bonds is 0. The van der Waals surface area contributed by atoms with E-state index in [1.807, 2.05) is 18.2 Å². The summed E-state index contributed by atoms with van der Waals surface area (Å²) >= 11 is 0. The average molecular weight is 344 g/mol. The zero-order chi connectivity index (χ0) is 17.7. The summed E-state index contributed by atoms with van der Waals surface area (Å²) in [5.74, 6) is 1.13. The first kappa shape index (κ1) is 15.2. The molecule has 5 heteroatoms. The predicted octanol–water partition coefficient (Wildman–Crippen LogP) is 3.82. The van der Waals surface area contributed by atoms with Crippen molar-refractivity contribution >= 4 is 22.6 Å². The number of para-hydroxylation sites is 1. The lowest BCUT2D eigenvalue weighted by Gasteiger charge is -2.22. The van der Waals surface area contributed by atoms with Gasteiger partial charge >= 0.3 is 0 Å². The fourth-order valence-electron chi connectivity index (χ4n) is 3.85. The molecule has 3 N–H and O–H groups in total. The van der Waals surface area contributed by atoms with Gasteiger partial charge in [-0.3, -0.25) is 4.79 Å². The predicted molar refractivity (Wildman–Crippen MR) is 103 cm³/mol. The molecule has 0 unspecified atom stereocenters. The molecule has 5 rings (SSSR count). The fourth-order valence-corrected chi connectivity index (χ4v) is 3.85. The van der Waals surface area contributed by atoms with E-state index in [9.17, 15) is 4.79 Å². The van der Waals surface area contributed by atoms with E-state index in [0.29, 0.717) is 6.54 Å². The Kier molecular flexibility index (Phi) is 3.35. The summed E-state index contributed by atoms with van der Waals surface area (Å²) in [6, 6.07) is 12.2. The second-order valence-electron chi connectivity index (χ2n) is 7.13. The lowest BCUT2D eigenvalue weighted by atomic mass is 9.93. The number of aromatic amines is 1. The van der Waals surface area contributed by atoms with Crippen LogP contribution < -0.4 is 10.6 Å². The highest BCUT2D eigenvalue weighted by atomic mass is 16.1. The standard InChI is InChI=1S/C21H20N4O/c1-12-5-6-14-11-23-21(26)16-9-17(24-20(14)16)15-4-2-3-13-7-8-18(22-10-12)25-19(13)15/h2-5,7-9,14,24H,6,10-11H2,1H3,(H,22,25)(H,23,26)/b12-5+/t14-/m0/s1. The van der Waals surface area contributed by atoms with Gasteiger partial charge in [-0.2, -0.15) is 0 Å². The van der Waals surface area contributed by atoms with Crippen molar-refractivity contribution < 1.29 is 4.79 Å². The number of benzene rings is 1. The number of aromatic nitrogens is 2. The number of hydrogen-bond acceptors (Lipinski definition) is 3. The number of pyridine rings is 1. The average Bonchev–Trinajstić information content (AvgIpc) is 3.11. The van der Waals surface area contributed by atoms with Crippen molar-refractivity contribution in [3.8, 4) is 11.3 Å². The molecule has 0 radical (unpaired) electrons. The largest absolute Gasteiger partial charge is 0.366 e. The molecule has 1 aromatic carbocycles. The van der Waals surface area contributed by atoms with Gasteiger partial charge in [0, 0.05) is 41.3 Å². The second-order valence-corrected chi connectivity index (χ2v) is 7.13. The summed E-state index contributed by atoms with van der Waals surface area (Å²) in [5, 5.41) is 7.53. The van der Waals surface area contributed by atoms with Gasteiger partial charge in [0.1, 0.15) is 5.82 Å². The van der Waals surface area contributed by atoms with E-state index >= 15 is 0 Å². The van der Waals surface area contributed by atoms with Crippen molar-refractivity contribution in [2.75, 3.05) is 18.4 Å². The number of allylic oxidation sites excluding steroid dienone is 1. The first-order chi connectivity index (χ1) is 12.7. The summed E-state index contributed by atoms with van der Waals surface area (Å²) in [6.45, 7) is 3.56. The van der Waals surface area contributed by atoms with Gasteiger partial charge in [-0.05, 0) is 31.5 Å². The SMILES string of the molecule is C/C1=C\C[C@H]2CNC(=O)c3cc([nH]c32)-c2cccc3ccc(nc23)NC1. The van der Waals surface area contributed by atoms with Crippen LogP contribution in [0.15, 0.2) is 48.0 Å². The van der Waals surface area contributed by atoms with Gasteiger partial charge in [-0.25, -0.2) is 4.98 Å². The summed E-state index contributed by atoms with van der Waals surface area (Å²) in [4.78, 5) is 20.7. The summed E-state index contributed by atoms with van der Waals surface area (Å²) in [7, 11) is 0. The molecular formula is C21H20N4O. The lowest BCUT2D eigenvalue weighted by molar-refractivity contribution is 0.0940. The van der Waals surface area contributed by atoms with Gasteiger partial charge in [0.2, 0.25) is 0 Å². The van der Waals surface area contributed by atoms with E-state index in [1.165, 1.54) is 5.57 Å². The number of H-pyrrole nitrogens is 1. The van der Waals surface area contributed by atoms with Crippen LogP contribution in [0.2, 0.25) is 0 Å². The highest BCUT2D eigenvalue weighted by Crippen LogP contribution is 2.34. The van der Waals surface area contributed by atoms with E-state index < -0.39 is 0 Å². The Morgan fingerprint density at radius 3 is 2.96 bits per heavy atom. The Hall–Kier alpha value is -3.08. The van der Waals surface area contributed by atoms with E-state index in [4.69, 9.17) is 4.98 Å². The van der Waals surface area contributed by atoms with Crippen molar-refractivity contribution in [1.29, 1.82) is 0 Å². The van der Waals surface area contributed by atoms with Crippen molar-refractivity contribution in [2.24, 2.45) is 0 Å². The van der Waals surface area contributed by atoms with Gasteiger partial charge in [0.25, 0.3) is 5.91 Å². The number of carbonyl (C=O) groups is 1. The van der Waals surface area contributed by atoms with Crippen LogP contribution in [0.3, 0.4) is 0 Å². The van der Waals surface area contributed by atoms with Crippen LogP contribution in [0, 0.1) is 0 Å². The molecule has 26 heavy (non-hydrogen) atoms. The number of anilines is 1. The number of fused-ring (bicyclic) bond motifs is 3. The minimum atomic E-state index is 0.00194. The summed E-state index contributed by atoms with van der Waals surface area (Å²) in [5.41, 5.74) is 5.97. The monoisotopic (exact) mass is 344 g/mol. The quantitative estimate of drug-likeness (QED) is 0.543. The van der Waals surface area contributed by atoms with Crippen LogP contribution in [0.25, 0.3) is 22.2 Å². The number of hydrogen-bond donors (Lipinski definition) is 3. The Morgan fingerprint density at radius 2 is 2.04 bits per heavy atom. The summed E-state index contributed by atoms with van der Waals surface area (Å²) in [6.07, 6.45) is 3.15. The molecule has 2 aliphatic rings. The molecule has 2 aromatic heterocycles. The molecule has 0 spiro atoms. The van der Waals surface area contributed by atoms with Crippen LogP contribution in [-0.4, -0.2) is 29.0 Å².